The molecule has 3 N–H and O–H groups in total. The molecule has 0 aliphatic rings. The average molecular weight is 254 g/mol. The fourth-order valence-electron chi connectivity index (χ4n) is 2.06. The number of benzene rings is 1. The third-order valence-electron chi connectivity index (χ3n) is 3.27. The number of nitrogens with zero attached hydrogens (tertiary/aromatic N) is 2. The molecule has 0 fully saturated rings. The van der Waals surface area contributed by atoms with Crippen molar-refractivity contribution in [3.63, 3.8) is 0 Å². The van der Waals surface area contributed by atoms with E-state index in [9.17, 15) is 4.79 Å². The standard InChI is InChI=1S/C14H14N4O/c1-8-3-4-10(5-9(8)2)11-6-14(19)18-13(16-11)7-12(15)17-18/h3-7,17H,15H2,1-2H3. The molecule has 2 heterocycles. The number of anilines is 1. The van der Waals surface area contributed by atoms with Crippen LogP contribution in [-0.2, 0) is 0 Å². The maximum absolute atomic E-state index is 12.0. The fourth-order valence-corrected chi connectivity index (χ4v) is 2.06. The van der Waals surface area contributed by atoms with Gasteiger partial charge in [-0.05, 0) is 31.0 Å². The van der Waals surface area contributed by atoms with Crippen LogP contribution in [0.1, 0.15) is 11.1 Å². The van der Waals surface area contributed by atoms with E-state index in [-0.39, 0.29) is 5.56 Å². The summed E-state index contributed by atoms with van der Waals surface area (Å²) in [7, 11) is 0. The second-order valence-electron chi connectivity index (χ2n) is 4.68. The molecule has 0 aliphatic carbocycles. The van der Waals surface area contributed by atoms with Crippen molar-refractivity contribution in [2.75, 3.05) is 5.73 Å². The van der Waals surface area contributed by atoms with Crippen LogP contribution in [0.15, 0.2) is 35.1 Å². The van der Waals surface area contributed by atoms with Gasteiger partial charge in [-0.1, -0.05) is 12.1 Å². The van der Waals surface area contributed by atoms with Crippen molar-refractivity contribution < 1.29 is 0 Å². The molecule has 19 heavy (non-hydrogen) atoms. The summed E-state index contributed by atoms with van der Waals surface area (Å²) in [6, 6.07) is 9.18. The summed E-state index contributed by atoms with van der Waals surface area (Å²) in [5, 5.41) is 2.75. The second-order valence-corrected chi connectivity index (χ2v) is 4.68. The Labute approximate surface area is 109 Å². The van der Waals surface area contributed by atoms with Gasteiger partial charge in [0.25, 0.3) is 5.56 Å². The van der Waals surface area contributed by atoms with Crippen LogP contribution >= 0.6 is 0 Å². The summed E-state index contributed by atoms with van der Waals surface area (Å²) in [6.07, 6.45) is 0. The van der Waals surface area contributed by atoms with E-state index in [0.717, 1.165) is 5.56 Å². The molecule has 0 unspecified atom stereocenters. The van der Waals surface area contributed by atoms with E-state index >= 15 is 0 Å². The van der Waals surface area contributed by atoms with Crippen LogP contribution in [-0.4, -0.2) is 14.6 Å². The highest BCUT2D eigenvalue weighted by Crippen LogP contribution is 2.20. The van der Waals surface area contributed by atoms with Gasteiger partial charge >= 0.3 is 0 Å². The molecule has 96 valence electrons. The first kappa shape index (κ1) is 11.5. The van der Waals surface area contributed by atoms with Gasteiger partial charge in [0.2, 0.25) is 0 Å². The van der Waals surface area contributed by atoms with Gasteiger partial charge in [-0.25, -0.2) is 4.98 Å². The molecular formula is C14H14N4O. The summed E-state index contributed by atoms with van der Waals surface area (Å²) >= 11 is 0. The Morgan fingerprint density at radius 1 is 1.16 bits per heavy atom. The molecular weight excluding hydrogens is 240 g/mol. The van der Waals surface area contributed by atoms with Crippen LogP contribution < -0.4 is 11.3 Å². The number of aromatic nitrogens is 3. The molecule has 1 aromatic carbocycles. The van der Waals surface area contributed by atoms with Gasteiger partial charge < -0.3 is 5.73 Å². The first-order chi connectivity index (χ1) is 9.04. The predicted octanol–water partition coefficient (Wildman–Crippen LogP) is 1.89. The van der Waals surface area contributed by atoms with Crippen molar-refractivity contribution in [2.24, 2.45) is 0 Å². The van der Waals surface area contributed by atoms with Crippen molar-refractivity contribution in [3.8, 4) is 11.3 Å². The normalized spacial score (nSPS) is 11.1. The van der Waals surface area contributed by atoms with Crippen molar-refractivity contribution in [1.29, 1.82) is 0 Å². The van der Waals surface area contributed by atoms with Crippen molar-refractivity contribution in [1.82, 2.24) is 14.6 Å². The van der Waals surface area contributed by atoms with Gasteiger partial charge in [0.15, 0.2) is 5.65 Å². The molecule has 5 heteroatoms. The molecule has 0 saturated heterocycles. The van der Waals surface area contributed by atoms with Gasteiger partial charge in [-0.15, -0.1) is 0 Å². The number of nitrogens with two attached hydrogens (primary N) is 1. The Morgan fingerprint density at radius 2 is 1.95 bits per heavy atom. The number of nitrogens with one attached hydrogen (secondary N) is 1. The van der Waals surface area contributed by atoms with E-state index in [0.29, 0.717) is 17.2 Å². The summed E-state index contributed by atoms with van der Waals surface area (Å²) in [5.74, 6) is 0.418. The van der Waals surface area contributed by atoms with Crippen LogP contribution in [0.25, 0.3) is 16.9 Å². The lowest BCUT2D eigenvalue weighted by molar-refractivity contribution is 0.906. The number of fused-ring (bicyclic) bond motifs is 1. The quantitative estimate of drug-likeness (QED) is 0.696. The summed E-state index contributed by atoms with van der Waals surface area (Å²) in [6.45, 7) is 4.09. The van der Waals surface area contributed by atoms with Crippen molar-refractivity contribution in [2.45, 2.75) is 13.8 Å². The zero-order valence-corrected chi connectivity index (χ0v) is 10.8. The van der Waals surface area contributed by atoms with Crippen LogP contribution in [0.4, 0.5) is 5.82 Å². The molecule has 0 spiro atoms. The maximum atomic E-state index is 12.0. The van der Waals surface area contributed by atoms with Crippen molar-refractivity contribution >= 4 is 11.5 Å². The third-order valence-corrected chi connectivity index (χ3v) is 3.27. The average Bonchev–Trinajstić information content (AvgIpc) is 2.74. The van der Waals surface area contributed by atoms with Gasteiger partial charge in [0.1, 0.15) is 5.82 Å². The van der Waals surface area contributed by atoms with Crippen molar-refractivity contribution in [3.05, 3.63) is 51.8 Å². The molecule has 0 radical (unpaired) electrons. The Hall–Kier alpha value is -2.56. The molecule has 0 amide bonds. The Bertz CT molecular complexity index is 829. The van der Waals surface area contributed by atoms with Gasteiger partial charge in [0, 0.05) is 17.7 Å². The smallest absolute Gasteiger partial charge is 0.273 e. The molecule has 0 atom stereocenters. The number of H-pyrrole nitrogens is 1. The van der Waals surface area contributed by atoms with E-state index in [1.54, 1.807) is 6.07 Å². The lowest BCUT2D eigenvalue weighted by atomic mass is 10.0. The van der Waals surface area contributed by atoms with Crippen LogP contribution in [0.2, 0.25) is 0 Å². The van der Waals surface area contributed by atoms with Gasteiger partial charge in [-0.3, -0.25) is 9.89 Å². The third kappa shape index (κ3) is 1.89. The SMILES string of the molecule is Cc1ccc(-c2cc(=O)n3[nH]c(N)cc3n2)cc1C. The largest absolute Gasteiger partial charge is 0.384 e. The lowest BCUT2D eigenvalue weighted by Gasteiger charge is -2.04. The number of rotatable bonds is 1. The summed E-state index contributed by atoms with van der Waals surface area (Å²) in [5.41, 5.74) is 9.97. The number of aryl methyl sites for hydroxylation is 2. The van der Waals surface area contributed by atoms with E-state index in [4.69, 9.17) is 5.73 Å². The number of hydrogen-bond acceptors (Lipinski definition) is 3. The second kappa shape index (κ2) is 3.98. The van der Waals surface area contributed by atoms with Gasteiger partial charge in [0.05, 0.1) is 5.69 Å². The Morgan fingerprint density at radius 3 is 2.68 bits per heavy atom. The van der Waals surface area contributed by atoms with E-state index in [1.165, 1.54) is 21.7 Å². The van der Waals surface area contributed by atoms with E-state index in [2.05, 4.69) is 17.0 Å². The molecule has 0 bridgehead atoms. The number of nitrogen functional groups attached to an aromatic ring is 1. The minimum Gasteiger partial charge on any atom is -0.384 e. The highest BCUT2D eigenvalue weighted by atomic mass is 16.1. The number of aromatic amines is 1. The predicted molar refractivity (Wildman–Crippen MR) is 75.1 cm³/mol. The highest BCUT2D eigenvalue weighted by Gasteiger charge is 2.07. The molecule has 3 rings (SSSR count). The molecule has 3 aromatic rings. The summed E-state index contributed by atoms with van der Waals surface area (Å²) < 4.78 is 1.33. The molecule has 2 aromatic heterocycles. The number of hydrogen-bond donors (Lipinski definition) is 2. The van der Waals surface area contributed by atoms with E-state index < -0.39 is 0 Å². The Kier molecular flexibility index (Phi) is 2.41. The highest BCUT2D eigenvalue weighted by molar-refractivity contribution is 5.63. The first-order valence-electron chi connectivity index (χ1n) is 6.00. The monoisotopic (exact) mass is 254 g/mol. The first-order valence-corrected chi connectivity index (χ1v) is 6.00. The van der Waals surface area contributed by atoms with Crippen LogP contribution in [0.5, 0.6) is 0 Å². The van der Waals surface area contributed by atoms with Gasteiger partial charge in [-0.2, -0.15) is 4.52 Å². The van der Waals surface area contributed by atoms with Crippen LogP contribution in [0.3, 0.4) is 0 Å². The molecule has 5 nitrogen and oxygen atoms in total. The zero-order chi connectivity index (χ0) is 13.6. The Balaban J connectivity index is 2.24. The maximum Gasteiger partial charge on any atom is 0.273 e. The van der Waals surface area contributed by atoms with Crippen LogP contribution in [0, 0.1) is 13.8 Å². The minimum atomic E-state index is -0.171. The van der Waals surface area contributed by atoms with E-state index in [1.807, 2.05) is 25.1 Å². The molecule has 0 aliphatic heterocycles. The topological polar surface area (TPSA) is 76.2 Å². The fraction of sp³-hybridized carbons (Fsp3) is 0.143. The zero-order valence-electron chi connectivity index (χ0n) is 10.8. The lowest BCUT2D eigenvalue weighted by Crippen LogP contribution is -2.14. The minimum absolute atomic E-state index is 0.171. The summed E-state index contributed by atoms with van der Waals surface area (Å²) in [4.78, 5) is 16.4. The molecule has 0 saturated carbocycles.